The Morgan fingerprint density at radius 3 is 2.33 bits per heavy atom. The molecule has 0 heterocycles. The summed E-state index contributed by atoms with van der Waals surface area (Å²) >= 11 is 0. The number of aliphatic hydroxyl groups excluding tert-OH is 1. The van der Waals surface area contributed by atoms with Crippen molar-refractivity contribution in [3.63, 3.8) is 0 Å². The monoisotopic (exact) mass is 284 g/mol. The Kier molecular flexibility index (Phi) is 4.28. The van der Waals surface area contributed by atoms with Gasteiger partial charge in [-0.2, -0.15) is 5.26 Å². The van der Waals surface area contributed by atoms with Crippen LogP contribution in [0.25, 0.3) is 0 Å². The number of aliphatic hydroxyl groups is 1. The van der Waals surface area contributed by atoms with Gasteiger partial charge in [0, 0.05) is 0 Å². The highest BCUT2D eigenvalue weighted by Gasteiger charge is 2.46. The molecule has 0 amide bonds. The van der Waals surface area contributed by atoms with E-state index in [2.05, 4.69) is 11.4 Å². The van der Waals surface area contributed by atoms with Crippen molar-refractivity contribution in [2.75, 3.05) is 6.61 Å². The molecule has 2 atom stereocenters. The highest BCUT2D eigenvalue weighted by molar-refractivity contribution is 5.20. The molecular weight excluding hydrogens is 260 g/mol. The van der Waals surface area contributed by atoms with Gasteiger partial charge in [-0.15, -0.1) is 0 Å². The number of rotatable bonds is 5. The van der Waals surface area contributed by atoms with E-state index in [1.54, 1.807) is 0 Å². The Bertz CT molecular complexity index is 486. The summed E-state index contributed by atoms with van der Waals surface area (Å²) in [5, 5.41) is 22.9. The zero-order valence-electron chi connectivity index (χ0n) is 12.5. The van der Waals surface area contributed by atoms with Crippen LogP contribution in [-0.4, -0.2) is 17.8 Å². The average molecular weight is 284 g/mol. The van der Waals surface area contributed by atoms with Crippen molar-refractivity contribution in [3.05, 3.63) is 35.9 Å². The Hall–Kier alpha value is -1.37. The molecule has 3 aliphatic carbocycles. The summed E-state index contributed by atoms with van der Waals surface area (Å²) in [6.07, 6.45) is 7.31. The second-order valence-corrected chi connectivity index (χ2v) is 6.72. The van der Waals surface area contributed by atoms with Crippen LogP contribution >= 0.6 is 0 Å². The van der Waals surface area contributed by atoms with Gasteiger partial charge in [0.15, 0.2) is 0 Å². The lowest BCUT2D eigenvalue weighted by Gasteiger charge is -2.49. The second-order valence-electron chi connectivity index (χ2n) is 6.72. The van der Waals surface area contributed by atoms with Gasteiger partial charge in [0.1, 0.15) is 6.04 Å². The van der Waals surface area contributed by atoms with Gasteiger partial charge in [-0.05, 0) is 55.4 Å². The molecule has 21 heavy (non-hydrogen) atoms. The first-order valence-corrected chi connectivity index (χ1v) is 8.09. The molecule has 1 aromatic carbocycles. The molecule has 0 aliphatic heterocycles. The highest BCUT2D eigenvalue weighted by atomic mass is 16.3. The predicted molar refractivity (Wildman–Crippen MR) is 82.4 cm³/mol. The van der Waals surface area contributed by atoms with Gasteiger partial charge in [-0.1, -0.05) is 30.3 Å². The fourth-order valence-electron chi connectivity index (χ4n) is 4.21. The number of benzene rings is 1. The average Bonchev–Trinajstić information content (AvgIpc) is 2.58. The molecule has 0 spiro atoms. The van der Waals surface area contributed by atoms with E-state index in [-0.39, 0.29) is 24.1 Å². The van der Waals surface area contributed by atoms with Crippen molar-refractivity contribution in [2.24, 2.45) is 11.3 Å². The summed E-state index contributed by atoms with van der Waals surface area (Å²) in [7, 11) is 0. The maximum Gasteiger partial charge on any atom is 0.101 e. The van der Waals surface area contributed by atoms with Crippen LogP contribution < -0.4 is 5.32 Å². The van der Waals surface area contributed by atoms with Crippen LogP contribution in [0.2, 0.25) is 0 Å². The molecule has 3 saturated carbocycles. The summed E-state index contributed by atoms with van der Waals surface area (Å²) in [5.41, 5.74) is 1.19. The molecule has 112 valence electrons. The van der Waals surface area contributed by atoms with Gasteiger partial charge < -0.3 is 5.11 Å². The third-order valence-electron chi connectivity index (χ3n) is 5.65. The third kappa shape index (κ3) is 2.84. The molecule has 2 bridgehead atoms. The minimum absolute atomic E-state index is 0.0287. The lowest BCUT2D eigenvalue weighted by Crippen LogP contribution is -2.50. The number of nitrogens with one attached hydrogen (secondary N) is 1. The third-order valence-corrected chi connectivity index (χ3v) is 5.65. The van der Waals surface area contributed by atoms with E-state index in [1.165, 1.54) is 19.3 Å². The van der Waals surface area contributed by atoms with Crippen LogP contribution in [0, 0.1) is 22.7 Å². The largest absolute Gasteiger partial charge is 0.394 e. The van der Waals surface area contributed by atoms with Gasteiger partial charge >= 0.3 is 0 Å². The minimum Gasteiger partial charge on any atom is -0.394 e. The van der Waals surface area contributed by atoms with Crippen LogP contribution in [0.15, 0.2) is 30.3 Å². The molecular formula is C18H24N2O. The molecule has 1 aromatic rings. The van der Waals surface area contributed by atoms with Gasteiger partial charge in [-0.25, -0.2) is 0 Å². The second kappa shape index (κ2) is 6.17. The van der Waals surface area contributed by atoms with Crippen molar-refractivity contribution in [2.45, 2.75) is 50.6 Å². The quantitative estimate of drug-likeness (QED) is 0.873. The first-order chi connectivity index (χ1) is 10.3. The van der Waals surface area contributed by atoms with Crippen molar-refractivity contribution in [1.82, 2.24) is 5.32 Å². The highest BCUT2D eigenvalue weighted by Crippen LogP contribution is 2.52. The SMILES string of the molecule is N#C[C@@H](N[C@@H](CO)c1ccccc1)C12CCC(CC1)CC2. The number of hydrogen-bond acceptors (Lipinski definition) is 3. The molecule has 2 N–H and O–H groups in total. The predicted octanol–water partition coefficient (Wildman–Crippen LogP) is 3.17. The number of hydrogen-bond donors (Lipinski definition) is 2. The zero-order valence-corrected chi connectivity index (χ0v) is 12.5. The summed E-state index contributed by atoms with van der Waals surface area (Å²) in [5.74, 6) is 0.897. The van der Waals surface area contributed by atoms with Gasteiger partial charge in [0.2, 0.25) is 0 Å². The topological polar surface area (TPSA) is 56.0 Å². The Balaban J connectivity index is 1.76. The van der Waals surface area contributed by atoms with Crippen molar-refractivity contribution in [3.8, 4) is 6.07 Å². The van der Waals surface area contributed by atoms with Crippen molar-refractivity contribution in [1.29, 1.82) is 5.26 Å². The van der Waals surface area contributed by atoms with Gasteiger partial charge in [-0.3, -0.25) is 5.32 Å². The smallest absolute Gasteiger partial charge is 0.101 e. The van der Waals surface area contributed by atoms with E-state index in [9.17, 15) is 10.4 Å². The van der Waals surface area contributed by atoms with Crippen LogP contribution in [0.3, 0.4) is 0 Å². The van der Waals surface area contributed by atoms with Crippen molar-refractivity contribution >= 4 is 0 Å². The van der Waals surface area contributed by atoms with Crippen LogP contribution in [0.5, 0.6) is 0 Å². The molecule has 0 unspecified atom stereocenters. The van der Waals surface area contributed by atoms with Crippen LogP contribution in [0.1, 0.15) is 50.1 Å². The molecule has 4 rings (SSSR count). The molecule has 3 fully saturated rings. The Morgan fingerprint density at radius 1 is 1.19 bits per heavy atom. The van der Waals surface area contributed by atoms with E-state index in [0.717, 1.165) is 30.7 Å². The summed E-state index contributed by atoms with van der Waals surface area (Å²) < 4.78 is 0. The number of fused-ring (bicyclic) bond motifs is 3. The molecule has 3 heteroatoms. The van der Waals surface area contributed by atoms with E-state index in [0.29, 0.717) is 0 Å². The zero-order chi connectivity index (χ0) is 14.7. The molecule has 3 nitrogen and oxygen atoms in total. The Morgan fingerprint density at radius 2 is 1.81 bits per heavy atom. The molecule has 0 saturated heterocycles. The maximum atomic E-state index is 9.72. The first kappa shape index (κ1) is 14.6. The van der Waals surface area contributed by atoms with Crippen LogP contribution in [-0.2, 0) is 0 Å². The molecule has 0 radical (unpaired) electrons. The van der Waals surface area contributed by atoms with E-state index >= 15 is 0 Å². The fraction of sp³-hybridized carbons (Fsp3) is 0.611. The summed E-state index contributed by atoms with van der Waals surface area (Å²) in [6.45, 7) is 0.0287. The minimum atomic E-state index is -0.156. The lowest BCUT2D eigenvalue weighted by molar-refractivity contribution is 0.0374. The first-order valence-electron chi connectivity index (χ1n) is 8.09. The summed E-state index contributed by atoms with van der Waals surface area (Å²) in [4.78, 5) is 0. The number of nitrogens with zero attached hydrogens (tertiary/aromatic N) is 1. The van der Waals surface area contributed by atoms with E-state index in [4.69, 9.17) is 0 Å². The molecule has 0 aromatic heterocycles. The van der Waals surface area contributed by atoms with E-state index in [1.807, 2.05) is 30.3 Å². The Labute approximate surface area is 127 Å². The fourth-order valence-corrected chi connectivity index (χ4v) is 4.21. The normalized spacial score (nSPS) is 30.6. The van der Waals surface area contributed by atoms with Crippen LogP contribution in [0.4, 0.5) is 0 Å². The summed E-state index contributed by atoms with van der Waals surface area (Å²) in [6, 6.07) is 12.1. The lowest BCUT2D eigenvalue weighted by atomic mass is 9.58. The van der Waals surface area contributed by atoms with Crippen molar-refractivity contribution < 1.29 is 5.11 Å². The molecule has 3 aliphatic rings. The van der Waals surface area contributed by atoms with E-state index < -0.39 is 0 Å². The standard InChI is InChI=1S/C18H24N2O/c19-12-17(18-9-6-14(7-10-18)8-11-18)20-16(13-21)15-4-2-1-3-5-15/h1-5,14,16-17,20-21H,6-11,13H2/t14?,16-,17+,18?/m0/s1. The maximum absolute atomic E-state index is 9.72. The number of nitriles is 1. The van der Waals surface area contributed by atoms with Gasteiger partial charge in [0.05, 0.1) is 18.7 Å². The van der Waals surface area contributed by atoms with Gasteiger partial charge in [0.25, 0.3) is 0 Å².